The number of ether oxygens (including phenoxy) is 1. The summed E-state index contributed by atoms with van der Waals surface area (Å²) in [4.78, 5) is 11.3. The second-order valence-electron chi connectivity index (χ2n) is 6.26. The van der Waals surface area contributed by atoms with Gasteiger partial charge in [0, 0.05) is 22.9 Å². The Morgan fingerprint density at radius 3 is 2.88 bits per heavy atom. The number of methoxy groups -OCH3 is 1. The molecular weight excluding hydrogens is 348 g/mol. The minimum Gasteiger partial charge on any atom is -0.495 e. The molecule has 0 saturated heterocycles. The van der Waals surface area contributed by atoms with E-state index in [0.717, 1.165) is 17.9 Å². The molecule has 1 aromatic heterocycles. The zero-order valence-electron chi connectivity index (χ0n) is 14.6. The van der Waals surface area contributed by atoms with E-state index in [-0.39, 0.29) is 0 Å². The van der Waals surface area contributed by atoms with E-state index < -0.39 is 0 Å². The lowest BCUT2D eigenvalue weighted by Crippen LogP contribution is -2.25. The third-order valence-corrected chi connectivity index (χ3v) is 4.74. The Kier molecular flexibility index (Phi) is 4.39. The largest absolute Gasteiger partial charge is 0.495 e. The monoisotopic (exact) mass is 366 g/mol. The van der Waals surface area contributed by atoms with Gasteiger partial charge >= 0.3 is 0 Å². The van der Waals surface area contributed by atoms with Crippen LogP contribution in [-0.2, 0) is 6.42 Å². The average Bonchev–Trinajstić information content (AvgIpc) is 2.98. The summed E-state index contributed by atoms with van der Waals surface area (Å²) in [6, 6.07) is 16.1. The predicted octanol–water partition coefficient (Wildman–Crippen LogP) is 4.96. The van der Waals surface area contributed by atoms with Crippen molar-refractivity contribution in [3.05, 3.63) is 65.3 Å². The molecule has 4 rings (SSSR count). The molecule has 0 bridgehead atoms. The highest BCUT2D eigenvalue weighted by molar-refractivity contribution is 6.31. The molecule has 2 heterocycles. The third-order valence-electron chi connectivity index (χ3n) is 4.50. The number of hydrogen-bond acceptors (Lipinski definition) is 5. The van der Waals surface area contributed by atoms with Crippen LogP contribution in [0.1, 0.15) is 12.5 Å². The van der Waals surface area contributed by atoms with E-state index in [1.165, 1.54) is 11.3 Å². The fourth-order valence-corrected chi connectivity index (χ4v) is 3.53. The van der Waals surface area contributed by atoms with Crippen molar-refractivity contribution in [1.29, 1.82) is 0 Å². The number of aromatic nitrogens is 2. The highest BCUT2D eigenvalue weighted by Crippen LogP contribution is 2.37. The molecule has 1 aliphatic heterocycles. The number of anilines is 4. The van der Waals surface area contributed by atoms with Crippen molar-refractivity contribution < 1.29 is 4.74 Å². The van der Waals surface area contributed by atoms with Gasteiger partial charge in [0.15, 0.2) is 0 Å². The lowest BCUT2D eigenvalue weighted by atomic mass is 10.1. The molecule has 0 spiro atoms. The van der Waals surface area contributed by atoms with Crippen molar-refractivity contribution >= 4 is 34.7 Å². The zero-order valence-corrected chi connectivity index (χ0v) is 15.4. The van der Waals surface area contributed by atoms with Gasteiger partial charge in [-0.2, -0.15) is 4.98 Å². The summed E-state index contributed by atoms with van der Waals surface area (Å²) in [5.41, 5.74) is 3.27. The number of fused-ring (bicyclic) bond motifs is 1. The van der Waals surface area contributed by atoms with E-state index in [0.29, 0.717) is 22.8 Å². The fourth-order valence-electron chi connectivity index (χ4n) is 3.36. The van der Waals surface area contributed by atoms with Gasteiger partial charge in [-0.05, 0) is 49.2 Å². The van der Waals surface area contributed by atoms with E-state index in [9.17, 15) is 0 Å². The summed E-state index contributed by atoms with van der Waals surface area (Å²) < 4.78 is 5.38. The van der Waals surface area contributed by atoms with Crippen LogP contribution in [0.4, 0.5) is 23.1 Å². The van der Waals surface area contributed by atoms with Crippen LogP contribution in [0.5, 0.6) is 5.75 Å². The topological polar surface area (TPSA) is 50.3 Å². The maximum atomic E-state index is 6.11. The molecule has 3 aromatic rings. The van der Waals surface area contributed by atoms with Crippen LogP contribution < -0.4 is 15.0 Å². The summed E-state index contributed by atoms with van der Waals surface area (Å²) in [7, 11) is 1.62. The molecular formula is C20H19ClN4O. The minimum absolute atomic E-state index is 0.343. The lowest BCUT2D eigenvalue weighted by Gasteiger charge is -2.24. The summed E-state index contributed by atoms with van der Waals surface area (Å²) in [5.74, 6) is 2.05. The number of hydrogen-bond donors (Lipinski definition) is 1. The second kappa shape index (κ2) is 6.84. The SMILES string of the molecule is COc1ccc(Cl)cc1Nc1nccc(N2c3ccccc3CC2C)n1. The van der Waals surface area contributed by atoms with Gasteiger partial charge in [-0.25, -0.2) is 4.98 Å². The van der Waals surface area contributed by atoms with Crippen LogP contribution in [0.25, 0.3) is 0 Å². The van der Waals surface area contributed by atoms with Crippen molar-refractivity contribution in [2.75, 3.05) is 17.3 Å². The van der Waals surface area contributed by atoms with Crippen molar-refractivity contribution in [3.8, 4) is 5.75 Å². The predicted molar refractivity (Wildman–Crippen MR) is 105 cm³/mol. The Morgan fingerprint density at radius 1 is 1.19 bits per heavy atom. The minimum atomic E-state index is 0.343. The first kappa shape index (κ1) is 16.7. The maximum absolute atomic E-state index is 6.11. The molecule has 6 heteroatoms. The van der Waals surface area contributed by atoms with Crippen molar-refractivity contribution in [2.45, 2.75) is 19.4 Å². The van der Waals surface area contributed by atoms with Crippen LogP contribution in [0.2, 0.25) is 5.02 Å². The van der Waals surface area contributed by atoms with Crippen molar-refractivity contribution in [3.63, 3.8) is 0 Å². The Balaban J connectivity index is 1.67. The molecule has 2 aromatic carbocycles. The van der Waals surface area contributed by atoms with E-state index in [4.69, 9.17) is 21.3 Å². The van der Waals surface area contributed by atoms with Crippen LogP contribution in [0.15, 0.2) is 54.7 Å². The zero-order chi connectivity index (χ0) is 18.1. The Hall–Kier alpha value is -2.79. The van der Waals surface area contributed by atoms with E-state index in [1.807, 2.05) is 12.1 Å². The van der Waals surface area contributed by atoms with Crippen LogP contribution in [0.3, 0.4) is 0 Å². The molecule has 5 nitrogen and oxygen atoms in total. The van der Waals surface area contributed by atoms with Crippen LogP contribution in [-0.4, -0.2) is 23.1 Å². The van der Waals surface area contributed by atoms with E-state index in [1.54, 1.807) is 25.4 Å². The number of rotatable bonds is 4. The Morgan fingerprint density at radius 2 is 2.04 bits per heavy atom. The Labute approximate surface area is 157 Å². The second-order valence-corrected chi connectivity index (χ2v) is 6.70. The van der Waals surface area contributed by atoms with Crippen molar-refractivity contribution in [1.82, 2.24) is 9.97 Å². The van der Waals surface area contributed by atoms with Gasteiger partial charge in [-0.1, -0.05) is 29.8 Å². The van der Waals surface area contributed by atoms with Crippen LogP contribution >= 0.6 is 11.6 Å². The van der Waals surface area contributed by atoms with Gasteiger partial charge in [0.05, 0.1) is 12.8 Å². The molecule has 1 N–H and O–H groups in total. The van der Waals surface area contributed by atoms with Gasteiger partial charge in [0.2, 0.25) is 5.95 Å². The quantitative estimate of drug-likeness (QED) is 0.706. The van der Waals surface area contributed by atoms with Gasteiger partial charge in [0.1, 0.15) is 11.6 Å². The first-order valence-electron chi connectivity index (χ1n) is 8.46. The molecule has 0 saturated carbocycles. The molecule has 26 heavy (non-hydrogen) atoms. The number of nitrogens with one attached hydrogen (secondary N) is 1. The number of para-hydroxylation sites is 1. The van der Waals surface area contributed by atoms with E-state index in [2.05, 4.69) is 46.4 Å². The molecule has 0 aliphatic carbocycles. The third kappa shape index (κ3) is 3.06. The smallest absolute Gasteiger partial charge is 0.229 e. The molecule has 1 unspecified atom stereocenters. The summed E-state index contributed by atoms with van der Waals surface area (Å²) in [5, 5.41) is 3.83. The van der Waals surface area contributed by atoms with Gasteiger partial charge in [-0.15, -0.1) is 0 Å². The van der Waals surface area contributed by atoms with Gasteiger partial charge in [-0.3, -0.25) is 0 Å². The van der Waals surface area contributed by atoms with Gasteiger partial charge in [0.25, 0.3) is 0 Å². The molecule has 0 fully saturated rings. The highest BCUT2D eigenvalue weighted by atomic mass is 35.5. The summed E-state index contributed by atoms with van der Waals surface area (Å²) in [6.45, 7) is 2.20. The fraction of sp³-hybridized carbons (Fsp3) is 0.200. The Bertz CT molecular complexity index is 947. The van der Waals surface area contributed by atoms with Crippen molar-refractivity contribution in [2.24, 2.45) is 0 Å². The first-order valence-corrected chi connectivity index (χ1v) is 8.84. The van der Waals surface area contributed by atoms with Gasteiger partial charge < -0.3 is 15.0 Å². The first-order chi connectivity index (χ1) is 12.7. The molecule has 1 aliphatic rings. The standard InChI is InChI=1S/C20H19ClN4O/c1-13-11-14-5-3-4-6-17(14)25(13)19-9-10-22-20(24-19)23-16-12-15(21)7-8-18(16)26-2/h3-10,12-13H,11H2,1-2H3,(H,22,23,24). The van der Waals surface area contributed by atoms with E-state index >= 15 is 0 Å². The molecule has 132 valence electrons. The highest BCUT2D eigenvalue weighted by Gasteiger charge is 2.27. The summed E-state index contributed by atoms with van der Waals surface area (Å²) in [6.07, 6.45) is 2.76. The molecule has 0 radical (unpaired) electrons. The molecule has 1 atom stereocenters. The maximum Gasteiger partial charge on any atom is 0.229 e. The number of nitrogens with zero attached hydrogens (tertiary/aromatic N) is 3. The average molecular weight is 367 g/mol. The number of halogens is 1. The molecule has 0 amide bonds. The lowest BCUT2D eigenvalue weighted by molar-refractivity contribution is 0.417. The van der Waals surface area contributed by atoms with Crippen LogP contribution in [0, 0.1) is 0 Å². The number of benzene rings is 2. The summed E-state index contributed by atoms with van der Waals surface area (Å²) >= 11 is 6.11. The normalized spacial score (nSPS) is 15.7.